The highest BCUT2D eigenvalue weighted by Gasteiger charge is 2.17. The lowest BCUT2D eigenvalue weighted by Crippen LogP contribution is -2.24. The van der Waals surface area contributed by atoms with Crippen LogP contribution in [0.25, 0.3) is 5.69 Å². The molecule has 0 aliphatic heterocycles. The Hall–Kier alpha value is -3.98. The zero-order valence-corrected chi connectivity index (χ0v) is 19.6. The predicted octanol–water partition coefficient (Wildman–Crippen LogP) is 5.01. The van der Waals surface area contributed by atoms with Gasteiger partial charge in [0.25, 0.3) is 11.6 Å². The number of benzene rings is 3. The number of nitro benzene ring substituents is 1. The molecule has 0 atom stereocenters. The Morgan fingerprint density at radius 1 is 1.00 bits per heavy atom. The van der Waals surface area contributed by atoms with Crippen molar-refractivity contribution in [1.29, 1.82) is 0 Å². The molecule has 3 aromatic carbocycles. The van der Waals surface area contributed by atoms with Crippen molar-refractivity contribution < 1.29 is 9.72 Å². The van der Waals surface area contributed by atoms with Crippen molar-refractivity contribution in [2.45, 2.75) is 31.3 Å². The molecule has 0 saturated carbocycles. The van der Waals surface area contributed by atoms with Crippen LogP contribution in [-0.2, 0) is 12.3 Å². The van der Waals surface area contributed by atoms with Crippen molar-refractivity contribution in [2.75, 3.05) is 0 Å². The SMILES string of the molecule is Cc1ccc(-n2c(CNC(=O)c3cccc([N+](=O)[O-])c3)nnc2SCc2cccc(C)c2)cc1. The van der Waals surface area contributed by atoms with Gasteiger partial charge >= 0.3 is 0 Å². The van der Waals surface area contributed by atoms with Gasteiger partial charge in [-0.15, -0.1) is 10.2 Å². The molecule has 0 spiro atoms. The maximum absolute atomic E-state index is 12.6. The third-order valence-corrected chi connectivity index (χ3v) is 6.17. The number of nitro groups is 1. The van der Waals surface area contributed by atoms with Crippen LogP contribution < -0.4 is 5.32 Å². The van der Waals surface area contributed by atoms with Crippen LogP contribution in [-0.4, -0.2) is 25.6 Å². The summed E-state index contributed by atoms with van der Waals surface area (Å²) >= 11 is 1.57. The smallest absolute Gasteiger partial charge is 0.270 e. The molecule has 9 heteroatoms. The second kappa shape index (κ2) is 10.3. The first-order valence-corrected chi connectivity index (χ1v) is 11.6. The molecule has 0 saturated heterocycles. The number of non-ortho nitro benzene ring substituents is 1. The molecule has 4 aromatic rings. The van der Waals surface area contributed by atoms with E-state index in [4.69, 9.17) is 0 Å². The van der Waals surface area contributed by atoms with Gasteiger partial charge in [0, 0.05) is 29.1 Å². The average Bonchev–Trinajstić information content (AvgIpc) is 3.24. The summed E-state index contributed by atoms with van der Waals surface area (Å²) < 4.78 is 1.92. The normalized spacial score (nSPS) is 10.8. The summed E-state index contributed by atoms with van der Waals surface area (Å²) in [6.07, 6.45) is 0. The summed E-state index contributed by atoms with van der Waals surface area (Å²) in [7, 11) is 0. The number of nitrogens with zero attached hydrogens (tertiary/aromatic N) is 4. The summed E-state index contributed by atoms with van der Waals surface area (Å²) in [5.41, 5.74) is 4.48. The Morgan fingerprint density at radius 3 is 2.50 bits per heavy atom. The number of hydrogen-bond donors (Lipinski definition) is 1. The molecule has 4 rings (SSSR count). The van der Waals surface area contributed by atoms with Crippen molar-refractivity contribution in [3.05, 3.63) is 111 Å². The van der Waals surface area contributed by atoms with Crippen molar-refractivity contribution >= 4 is 23.4 Å². The molecule has 1 amide bonds. The minimum atomic E-state index is -0.525. The van der Waals surface area contributed by atoms with E-state index in [9.17, 15) is 14.9 Å². The fraction of sp³-hybridized carbons (Fsp3) is 0.160. The van der Waals surface area contributed by atoms with E-state index >= 15 is 0 Å². The van der Waals surface area contributed by atoms with Crippen LogP contribution in [0.3, 0.4) is 0 Å². The number of thioether (sulfide) groups is 1. The maximum Gasteiger partial charge on any atom is 0.270 e. The minimum absolute atomic E-state index is 0.118. The van der Waals surface area contributed by atoms with Crippen LogP contribution in [0.15, 0.2) is 78.0 Å². The molecule has 0 bridgehead atoms. The molecule has 1 N–H and O–H groups in total. The Labute approximate surface area is 201 Å². The molecule has 0 aliphatic carbocycles. The van der Waals surface area contributed by atoms with Crippen LogP contribution in [0.1, 0.15) is 32.9 Å². The van der Waals surface area contributed by atoms with Crippen LogP contribution in [0.2, 0.25) is 0 Å². The number of nitrogens with one attached hydrogen (secondary N) is 1. The monoisotopic (exact) mass is 473 g/mol. The number of amides is 1. The van der Waals surface area contributed by atoms with Gasteiger partial charge in [-0.05, 0) is 37.6 Å². The number of carbonyl (C=O) groups excluding carboxylic acids is 1. The first-order chi connectivity index (χ1) is 16.4. The van der Waals surface area contributed by atoms with Crippen LogP contribution >= 0.6 is 11.8 Å². The topological polar surface area (TPSA) is 103 Å². The van der Waals surface area contributed by atoms with Crippen molar-refractivity contribution in [3.63, 3.8) is 0 Å². The van der Waals surface area contributed by atoms with Gasteiger partial charge in [-0.1, -0.05) is 65.4 Å². The number of rotatable bonds is 8. The van der Waals surface area contributed by atoms with Gasteiger partial charge in [-0.25, -0.2) is 0 Å². The van der Waals surface area contributed by atoms with Gasteiger partial charge in [0.15, 0.2) is 11.0 Å². The summed E-state index contributed by atoms with van der Waals surface area (Å²) in [4.78, 5) is 23.1. The highest BCUT2D eigenvalue weighted by atomic mass is 32.2. The summed E-state index contributed by atoms with van der Waals surface area (Å²) in [5.74, 6) is 0.872. The van der Waals surface area contributed by atoms with E-state index in [-0.39, 0.29) is 17.8 Å². The van der Waals surface area contributed by atoms with Crippen LogP contribution in [0.5, 0.6) is 0 Å². The molecule has 0 unspecified atom stereocenters. The fourth-order valence-electron chi connectivity index (χ4n) is 3.43. The number of hydrogen-bond acceptors (Lipinski definition) is 6. The molecule has 172 valence electrons. The first kappa shape index (κ1) is 23.2. The second-order valence-electron chi connectivity index (χ2n) is 7.84. The summed E-state index contributed by atoms with van der Waals surface area (Å²) in [5, 5.41) is 23.2. The maximum atomic E-state index is 12.6. The van der Waals surface area contributed by atoms with E-state index in [1.54, 1.807) is 11.8 Å². The van der Waals surface area contributed by atoms with Gasteiger partial charge in [-0.2, -0.15) is 0 Å². The van der Waals surface area contributed by atoms with Gasteiger partial charge < -0.3 is 5.32 Å². The van der Waals surface area contributed by atoms with Gasteiger partial charge in [-0.3, -0.25) is 19.5 Å². The summed E-state index contributed by atoms with van der Waals surface area (Å²) in [6, 6.07) is 21.9. The standard InChI is InChI=1S/C25H23N5O3S/c1-17-9-11-21(12-10-17)29-23(15-26-24(31)20-7-4-8-22(14-20)30(32)33)27-28-25(29)34-16-19-6-3-5-18(2)13-19/h3-14H,15-16H2,1-2H3,(H,26,31). The molecule has 0 aliphatic rings. The largest absolute Gasteiger partial charge is 0.345 e. The third-order valence-electron chi connectivity index (χ3n) is 5.17. The zero-order valence-electron chi connectivity index (χ0n) is 18.8. The zero-order chi connectivity index (χ0) is 24.1. The molecule has 0 fully saturated rings. The molecule has 34 heavy (non-hydrogen) atoms. The fourth-order valence-corrected chi connectivity index (χ4v) is 4.35. The molecule has 1 heterocycles. The highest BCUT2D eigenvalue weighted by molar-refractivity contribution is 7.98. The van der Waals surface area contributed by atoms with Gasteiger partial charge in [0.05, 0.1) is 11.5 Å². The van der Waals surface area contributed by atoms with Crippen molar-refractivity contribution in [1.82, 2.24) is 20.1 Å². The number of carbonyl (C=O) groups is 1. The van der Waals surface area contributed by atoms with Crippen molar-refractivity contribution in [3.8, 4) is 5.69 Å². The van der Waals surface area contributed by atoms with Crippen LogP contribution in [0, 0.1) is 24.0 Å². The Morgan fingerprint density at radius 2 is 1.76 bits per heavy atom. The minimum Gasteiger partial charge on any atom is -0.345 e. The Kier molecular flexibility index (Phi) is 7.03. The van der Waals surface area contributed by atoms with E-state index in [1.165, 1.54) is 35.4 Å². The van der Waals surface area contributed by atoms with E-state index in [0.29, 0.717) is 11.0 Å². The number of aromatic nitrogens is 3. The predicted molar refractivity (Wildman–Crippen MR) is 131 cm³/mol. The highest BCUT2D eigenvalue weighted by Crippen LogP contribution is 2.26. The average molecular weight is 474 g/mol. The van der Waals surface area contributed by atoms with Crippen molar-refractivity contribution in [2.24, 2.45) is 0 Å². The van der Waals surface area contributed by atoms with E-state index in [1.807, 2.05) is 41.8 Å². The molecule has 1 aromatic heterocycles. The van der Waals surface area contributed by atoms with Gasteiger partial charge in [0.2, 0.25) is 0 Å². The second-order valence-corrected chi connectivity index (χ2v) is 8.78. The molecular weight excluding hydrogens is 450 g/mol. The molecule has 0 radical (unpaired) electrons. The molecule has 8 nitrogen and oxygen atoms in total. The lowest BCUT2D eigenvalue weighted by Gasteiger charge is -2.11. The third kappa shape index (κ3) is 5.49. The quantitative estimate of drug-likeness (QED) is 0.219. The van der Waals surface area contributed by atoms with Gasteiger partial charge in [0.1, 0.15) is 0 Å². The molecular formula is C25H23N5O3S. The number of aryl methyl sites for hydroxylation is 2. The van der Waals surface area contributed by atoms with E-state index < -0.39 is 10.8 Å². The first-order valence-electron chi connectivity index (χ1n) is 10.6. The van der Waals surface area contributed by atoms with Crippen LogP contribution in [0.4, 0.5) is 5.69 Å². The Bertz CT molecular complexity index is 1330. The van der Waals surface area contributed by atoms with E-state index in [2.05, 4.69) is 40.6 Å². The summed E-state index contributed by atoms with van der Waals surface area (Å²) in [6.45, 7) is 4.20. The van der Waals surface area contributed by atoms with E-state index in [0.717, 1.165) is 17.0 Å². The lowest BCUT2D eigenvalue weighted by molar-refractivity contribution is -0.384. The lowest BCUT2D eigenvalue weighted by atomic mass is 10.2. The Balaban J connectivity index is 1.56.